The SMILES string of the molecule is CCCCCc1cc2c(c(O)c1C(N)=O)C=CC(C)(CCC=C(C)C)O2. The number of amides is 1. The van der Waals surface area contributed by atoms with Crippen LogP contribution >= 0.6 is 0 Å². The van der Waals surface area contributed by atoms with Crippen LogP contribution in [0.25, 0.3) is 6.08 Å². The van der Waals surface area contributed by atoms with Crippen molar-refractivity contribution in [1.29, 1.82) is 0 Å². The quantitative estimate of drug-likeness (QED) is 0.500. The molecule has 4 heteroatoms. The highest BCUT2D eigenvalue weighted by Gasteiger charge is 2.30. The number of unbranched alkanes of at least 4 members (excludes halogenated alkanes) is 2. The summed E-state index contributed by atoms with van der Waals surface area (Å²) in [6.07, 6.45) is 11.6. The van der Waals surface area contributed by atoms with Crippen molar-refractivity contribution in [1.82, 2.24) is 0 Å². The van der Waals surface area contributed by atoms with Crippen LogP contribution in [0.3, 0.4) is 0 Å². The van der Waals surface area contributed by atoms with Gasteiger partial charge in [-0.25, -0.2) is 0 Å². The van der Waals surface area contributed by atoms with Crippen molar-refractivity contribution in [2.75, 3.05) is 0 Å². The van der Waals surface area contributed by atoms with Crippen LogP contribution < -0.4 is 10.5 Å². The normalized spacial score (nSPS) is 18.2. The highest BCUT2D eigenvalue weighted by molar-refractivity contribution is 5.99. The fourth-order valence-corrected chi connectivity index (χ4v) is 3.32. The summed E-state index contributed by atoms with van der Waals surface area (Å²) in [5.74, 6) is -0.0348. The summed E-state index contributed by atoms with van der Waals surface area (Å²) in [6.45, 7) is 8.34. The maximum atomic E-state index is 11.9. The number of ether oxygens (including phenoxy) is 1. The third-order valence-corrected chi connectivity index (χ3v) is 4.82. The van der Waals surface area contributed by atoms with Crippen LogP contribution in [0, 0.1) is 0 Å². The average molecular weight is 357 g/mol. The minimum Gasteiger partial charge on any atom is -0.506 e. The van der Waals surface area contributed by atoms with E-state index in [0.717, 1.165) is 37.7 Å². The van der Waals surface area contributed by atoms with Crippen LogP contribution in [0.15, 0.2) is 23.8 Å². The van der Waals surface area contributed by atoms with Gasteiger partial charge in [-0.2, -0.15) is 0 Å². The van der Waals surface area contributed by atoms with E-state index in [1.165, 1.54) is 5.57 Å². The molecule has 0 bridgehead atoms. The van der Waals surface area contributed by atoms with Crippen LogP contribution in [0.5, 0.6) is 11.5 Å². The molecule has 1 aliphatic rings. The zero-order valence-corrected chi connectivity index (χ0v) is 16.4. The topological polar surface area (TPSA) is 72.5 Å². The van der Waals surface area contributed by atoms with E-state index in [2.05, 4.69) is 26.8 Å². The molecule has 0 fully saturated rings. The van der Waals surface area contributed by atoms with Crippen LogP contribution in [0.1, 0.15) is 81.3 Å². The molecule has 1 amide bonds. The number of allylic oxidation sites excluding steroid dienone is 2. The van der Waals surface area contributed by atoms with Gasteiger partial charge < -0.3 is 15.6 Å². The third-order valence-electron chi connectivity index (χ3n) is 4.82. The molecule has 0 saturated heterocycles. The first-order valence-electron chi connectivity index (χ1n) is 9.47. The summed E-state index contributed by atoms with van der Waals surface area (Å²) in [5, 5.41) is 10.6. The molecule has 2 rings (SSSR count). The van der Waals surface area contributed by atoms with Gasteiger partial charge in [0.25, 0.3) is 5.91 Å². The minimum atomic E-state index is -0.595. The lowest BCUT2D eigenvalue weighted by molar-refractivity contribution is 0.0996. The fraction of sp³-hybridized carbons (Fsp3) is 0.500. The van der Waals surface area contributed by atoms with Crippen molar-refractivity contribution in [3.05, 3.63) is 40.5 Å². The number of rotatable bonds is 8. The average Bonchev–Trinajstić information content (AvgIpc) is 2.54. The molecule has 0 aromatic heterocycles. The third kappa shape index (κ3) is 4.69. The number of fused-ring (bicyclic) bond motifs is 1. The first-order chi connectivity index (χ1) is 12.3. The number of phenols is 1. The number of hydrogen-bond donors (Lipinski definition) is 2. The molecule has 4 nitrogen and oxygen atoms in total. The summed E-state index contributed by atoms with van der Waals surface area (Å²) in [4.78, 5) is 11.9. The molecule has 1 heterocycles. The number of hydrogen-bond acceptors (Lipinski definition) is 3. The zero-order valence-electron chi connectivity index (χ0n) is 16.4. The van der Waals surface area contributed by atoms with Gasteiger partial charge in [-0.1, -0.05) is 31.4 Å². The fourth-order valence-electron chi connectivity index (χ4n) is 3.32. The summed E-state index contributed by atoms with van der Waals surface area (Å²) in [6, 6.07) is 1.88. The Morgan fingerprint density at radius 1 is 1.35 bits per heavy atom. The predicted octanol–water partition coefficient (Wildman–Crippen LogP) is 5.13. The van der Waals surface area contributed by atoms with Gasteiger partial charge in [-0.15, -0.1) is 0 Å². The second-order valence-corrected chi connectivity index (χ2v) is 7.56. The number of benzene rings is 1. The Balaban J connectivity index is 2.34. The summed E-state index contributed by atoms with van der Waals surface area (Å²) in [7, 11) is 0. The molecule has 142 valence electrons. The number of primary amides is 1. The molecule has 0 spiro atoms. The molecule has 0 saturated carbocycles. The Bertz CT molecular complexity index is 729. The van der Waals surface area contributed by atoms with E-state index in [1.807, 2.05) is 25.1 Å². The van der Waals surface area contributed by atoms with Crippen molar-refractivity contribution in [2.45, 2.75) is 71.8 Å². The maximum Gasteiger partial charge on any atom is 0.252 e. The van der Waals surface area contributed by atoms with E-state index in [0.29, 0.717) is 17.7 Å². The Labute approximate surface area is 156 Å². The Hall–Kier alpha value is -2.23. The zero-order chi connectivity index (χ0) is 19.3. The Morgan fingerprint density at radius 3 is 2.69 bits per heavy atom. The lowest BCUT2D eigenvalue weighted by Crippen LogP contribution is -2.32. The lowest BCUT2D eigenvalue weighted by atomic mass is 9.91. The maximum absolute atomic E-state index is 11.9. The van der Waals surface area contributed by atoms with Crippen LogP contribution in [-0.2, 0) is 6.42 Å². The molecule has 1 atom stereocenters. The monoisotopic (exact) mass is 357 g/mol. The van der Waals surface area contributed by atoms with Crippen LogP contribution in [-0.4, -0.2) is 16.6 Å². The second kappa shape index (κ2) is 8.43. The van der Waals surface area contributed by atoms with Crippen LogP contribution in [0.4, 0.5) is 0 Å². The molecule has 3 N–H and O–H groups in total. The number of nitrogens with two attached hydrogens (primary N) is 1. The molecular formula is C22H31NO3. The van der Waals surface area contributed by atoms with E-state index < -0.39 is 11.5 Å². The lowest BCUT2D eigenvalue weighted by Gasteiger charge is -2.32. The molecule has 1 aromatic carbocycles. The van der Waals surface area contributed by atoms with E-state index in [4.69, 9.17) is 10.5 Å². The van der Waals surface area contributed by atoms with Crippen molar-refractivity contribution in [2.24, 2.45) is 5.73 Å². The first-order valence-corrected chi connectivity index (χ1v) is 9.47. The van der Waals surface area contributed by atoms with Gasteiger partial charge in [0.1, 0.15) is 17.1 Å². The molecule has 26 heavy (non-hydrogen) atoms. The van der Waals surface area contributed by atoms with Gasteiger partial charge >= 0.3 is 0 Å². The van der Waals surface area contributed by atoms with E-state index >= 15 is 0 Å². The van der Waals surface area contributed by atoms with E-state index in [9.17, 15) is 9.90 Å². The van der Waals surface area contributed by atoms with Gasteiger partial charge in [-0.05, 0) is 70.2 Å². The number of carbonyl (C=O) groups excluding carboxylic acids is 1. The van der Waals surface area contributed by atoms with Gasteiger partial charge in [0.15, 0.2) is 0 Å². The van der Waals surface area contributed by atoms with Crippen molar-refractivity contribution >= 4 is 12.0 Å². The predicted molar refractivity (Wildman–Crippen MR) is 107 cm³/mol. The standard InChI is InChI=1S/C22H31NO3/c1-5-6-7-10-16-14-18-17(20(24)19(16)21(23)25)11-13-22(4,26-18)12-8-9-15(2)3/h9,11,13-14,24H,5-8,10,12H2,1-4H3,(H2,23,25). The molecule has 1 unspecified atom stereocenters. The minimum absolute atomic E-state index is 0.0657. The van der Waals surface area contributed by atoms with Crippen LogP contribution in [0.2, 0.25) is 0 Å². The summed E-state index contributed by atoms with van der Waals surface area (Å²) in [5.41, 5.74) is 7.92. The molecule has 0 aliphatic carbocycles. The van der Waals surface area contributed by atoms with Crippen molar-refractivity contribution in [3.8, 4) is 11.5 Å². The highest BCUT2D eigenvalue weighted by Crippen LogP contribution is 2.41. The Kier molecular flexibility index (Phi) is 6.52. The van der Waals surface area contributed by atoms with Gasteiger partial charge in [0.05, 0.1) is 11.1 Å². The molecule has 0 radical (unpaired) electrons. The van der Waals surface area contributed by atoms with Gasteiger partial charge in [-0.3, -0.25) is 4.79 Å². The highest BCUT2D eigenvalue weighted by atomic mass is 16.5. The number of carbonyl (C=O) groups is 1. The number of aromatic hydroxyl groups is 1. The largest absolute Gasteiger partial charge is 0.506 e. The molecular weight excluding hydrogens is 326 g/mol. The van der Waals surface area contributed by atoms with Gasteiger partial charge in [0.2, 0.25) is 0 Å². The van der Waals surface area contributed by atoms with Crippen molar-refractivity contribution < 1.29 is 14.6 Å². The summed E-state index contributed by atoms with van der Waals surface area (Å²) >= 11 is 0. The Morgan fingerprint density at radius 2 is 2.08 bits per heavy atom. The smallest absolute Gasteiger partial charge is 0.252 e. The van der Waals surface area contributed by atoms with Gasteiger partial charge in [0, 0.05) is 0 Å². The van der Waals surface area contributed by atoms with Crippen molar-refractivity contribution in [3.63, 3.8) is 0 Å². The molecule has 1 aromatic rings. The van der Waals surface area contributed by atoms with E-state index in [1.54, 1.807) is 0 Å². The number of aryl methyl sites for hydroxylation is 1. The summed E-state index contributed by atoms with van der Waals surface area (Å²) < 4.78 is 6.24. The second-order valence-electron chi connectivity index (χ2n) is 7.56. The first kappa shape index (κ1) is 20.1. The molecule has 1 aliphatic heterocycles. The van der Waals surface area contributed by atoms with E-state index in [-0.39, 0.29) is 11.3 Å².